The smallest absolute Gasteiger partial charge is 0.0334 e. The van der Waals surface area contributed by atoms with E-state index in [1.54, 1.807) is 12.8 Å². The first-order chi connectivity index (χ1) is 6.79. The molecule has 0 N–H and O–H groups in total. The van der Waals surface area contributed by atoms with Gasteiger partial charge in [-0.15, -0.1) is 0 Å². The molecular formula is C14H28. The number of hydrogen-bond donors (Lipinski definition) is 0. The Morgan fingerprint density at radius 2 is 1.14 bits per heavy atom. The highest BCUT2D eigenvalue weighted by atomic mass is 14.4. The molecule has 14 heavy (non-hydrogen) atoms. The molecule has 0 amide bonds. The van der Waals surface area contributed by atoms with E-state index in [2.05, 4.69) is 13.8 Å². The Labute approximate surface area is 90.5 Å². The fraction of sp³-hybridized carbons (Fsp3) is 1.00. The molecule has 0 aromatic rings. The lowest BCUT2D eigenvalue weighted by molar-refractivity contribution is 0.0652. The molecule has 0 aliphatic heterocycles. The second-order valence-corrected chi connectivity index (χ2v) is 5.15. The predicted octanol–water partition coefficient (Wildman–Crippen LogP) is 4.89. The molecule has 0 heteroatoms. The van der Waals surface area contributed by atoms with Gasteiger partial charge in [-0.1, -0.05) is 66.2 Å². The summed E-state index contributed by atoms with van der Waals surface area (Å²) in [6.45, 7) is 8.97. The van der Waals surface area contributed by atoms with Gasteiger partial charge in [0.25, 0.3) is 0 Å². The molecule has 0 aromatic carbocycles. The SMILES string of the molecule is CC.CC1CCCC2CCCC(C)C12. The van der Waals surface area contributed by atoms with E-state index in [0.717, 1.165) is 23.7 Å². The molecule has 0 saturated heterocycles. The van der Waals surface area contributed by atoms with E-state index in [9.17, 15) is 0 Å². The van der Waals surface area contributed by atoms with Crippen molar-refractivity contribution in [2.75, 3.05) is 0 Å². The molecule has 0 heterocycles. The summed E-state index contributed by atoms with van der Waals surface area (Å²) in [6, 6.07) is 0. The highest BCUT2D eigenvalue weighted by Crippen LogP contribution is 2.46. The molecule has 0 spiro atoms. The maximum Gasteiger partial charge on any atom is -0.0334 e. The molecule has 0 aromatic heterocycles. The van der Waals surface area contributed by atoms with Crippen LogP contribution in [0.5, 0.6) is 0 Å². The largest absolute Gasteiger partial charge is 0.0683 e. The van der Waals surface area contributed by atoms with E-state index in [-0.39, 0.29) is 0 Å². The van der Waals surface area contributed by atoms with Gasteiger partial charge in [0.1, 0.15) is 0 Å². The van der Waals surface area contributed by atoms with E-state index >= 15 is 0 Å². The van der Waals surface area contributed by atoms with Crippen molar-refractivity contribution in [2.45, 2.75) is 66.2 Å². The Hall–Kier alpha value is 0. The maximum absolute atomic E-state index is 2.48. The Kier molecular flexibility index (Phi) is 4.98. The molecule has 2 fully saturated rings. The molecular weight excluding hydrogens is 168 g/mol. The number of hydrogen-bond acceptors (Lipinski definition) is 0. The fourth-order valence-corrected chi connectivity index (χ4v) is 3.81. The summed E-state index contributed by atoms with van der Waals surface area (Å²) in [5.41, 5.74) is 0. The van der Waals surface area contributed by atoms with E-state index in [4.69, 9.17) is 0 Å². The highest BCUT2D eigenvalue weighted by molar-refractivity contribution is 4.86. The first-order valence-corrected chi connectivity index (χ1v) is 6.79. The van der Waals surface area contributed by atoms with Crippen molar-refractivity contribution >= 4 is 0 Å². The summed E-state index contributed by atoms with van der Waals surface area (Å²) in [5, 5.41) is 0. The standard InChI is InChI=1S/C12H22.C2H6/c1-9-5-3-7-11-8-4-6-10(2)12(9)11;1-2/h9-12H,3-8H2,1-2H3;1-2H3. The van der Waals surface area contributed by atoms with Crippen molar-refractivity contribution < 1.29 is 0 Å². The van der Waals surface area contributed by atoms with E-state index in [0.29, 0.717) is 0 Å². The highest BCUT2D eigenvalue weighted by Gasteiger charge is 2.36. The third kappa shape index (κ3) is 2.52. The minimum Gasteiger partial charge on any atom is -0.0683 e. The van der Waals surface area contributed by atoms with Gasteiger partial charge in [0.2, 0.25) is 0 Å². The van der Waals surface area contributed by atoms with Crippen LogP contribution in [-0.4, -0.2) is 0 Å². The summed E-state index contributed by atoms with van der Waals surface area (Å²) >= 11 is 0. The summed E-state index contributed by atoms with van der Waals surface area (Å²) in [4.78, 5) is 0. The topological polar surface area (TPSA) is 0 Å². The normalized spacial score (nSPS) is 42.0. The third-order valence-electron chi connectivity index (χ3n) is 4.33. The zero-order valence-electron chi connectivity index (χ0n) is 10.6. The maximum atomic E-state index is 2.48. The molecule has 0 nitrogen and oxygen atoms in total. The van der Waals surface area contributed by atoms with Gasteiger partial charge in [-0.2, -0.15) is 0 Å². The zero-order valence-corrected chi connectivity index (χ0v) is 10.6. The van der Waals surface area contributed by atoms with Crippen LogP contribution < -0.4 is 0 Å². The van der Waals surface area contributed by atoms with Crippen molar-refractivity contribution in [3.63, 3.8) is 0 Å². The van der Waals surface area contributed by atoms with Gasteiger partial charge in [-0.05, 0) is 23.7 Å². The predicted molar refractivity (Wildman–Crippen MR) is 64.4 cm³/mol. The van der Waals surface area contributed by atoms with Crippen molar-refractivity contribution in [1.82, 2.24) is 0 Å². The molecule has 2 aliphatic carbocycles. The molecule has 84 valence electrons. The summed E-state index contributed by atoms with van der Waals surface area (Å²) in [6.07, 6.45) is 9.11. The Balaban J connectivity index is 0.000000461. The van der Waals surface area contributed by atoms with E-state index in [1.807, 2.05) is 13.8 Å². The summed E-state index contributed by atoms with van der Waals surface area (Å²) in [5.74, 6) is 4.25. The lowest BCUT2D eigenvalue weighted by atomic mass is 9.62. The van der Waals surface area contributed by atoms with Crippen LogP contribution in [0, 0.1) is 23.7 Å². The van der Waals surface area contributed by atoms with Crippen LogP contribution in [0.15, 0.2) is 0 Å². The minimum absolute atomic E-state index is 1.03. The van der Waals surface area contributed by atoms with Gasteiger partial charge in [0, 0.05) is 0 Å². The van der Waals surface area contributed by atoms with Crippen LogP contribution in [0.1, 0.15) is 66.2 Å². The van der Waals surface area contributed by atoms with Crippen LogP contribution >= 0.6 is 0 Å². The van der Waals surface area contributed by atoms with Crippen LogP contribution in [0.3, 0.4) is 0 Å². The van der Waals surface area contributed by atoms with Crippen molar-refractivity contribution in [1.29, 1.82) is 0 Å². The first-order valence-electron chi connectivity index (χ1n) is 6.79. The van der Waals surface area contributed by atoms with Gasteiger partial charge >= 0.3 is 0 Å². The average Bonchev–Trinajstić information content (AvgIpc) is 2.21. The second kappa shape index (κ2) is 5.78. The number of fused-ring (bicyclic) bond motifs is 1. The summed E-state index contributed by atoms with van der Waals surface area (Å²) < 4.78 is 0. The van der Waals surface area contributed by atoms with Crippen LogP contribution in [0.4, 0.5) is 0 Å². The Morgan fingerprint density at radius 3 is 1.50 bits per heavy atom. The Morgan fingerprint density at radius 1 is 0.714 bits per heavy atom. The molecule has 2 unspecified atom stereocenters. The van der Waals surface area contributed by atoms with E-state index in [1.165, 1.54) is 25.7 Å². The fourth-order valence-electron chi connectivity index (χ4n) is 3.81. The minimum atomic E-state index is 1.03. The van der Waals surface area contributed by atoms with Crippen molar-refractivity contribution in [3.8, 4) is 0 Å². The molecule has 0 bridgehead atoms. The van der Waals surface area contributed by atoms with Gasteiger partial charge in [0.15, 0.2) is 0 Å². The summed E-state index contributed by atoms with van der Waals surface area (Å²) in [7, 11) is 0. The van der Waals surface area contributed by atoms with Crippen molar-refractivity contribution in [2.24, 2.45) is 23.7 Å². The van der Waals surface area contributed by atoms with Crippen LogP contribution in [-0.2, 0) is 0 Å². The number of rotatable bonds is 0. The first kappa shape index (κ1) is 12.1. The lowest BCUT2D eigenvalue weighted by Crippen LogP contribution is -2.34. The molecule has 2 saturated carbocycles. The third-order valence-corrected chi connectivity index (χ3v) is 4.33. The van der Waals surface area contributed by atoms with Gasteiger partial charge in [-0.3, -0.25) is 0 Å². The van der Waals surface area contributed by atoms with Crippen molar-refractivity contribution in [3.05, 3.63) is 0 Å². The van der Waals surface area contributed by atoms with Crippen LogP contribution in [0.2, 0.25) is 0 Å². The quantitative estimate of drug-likeness (QED) is 0.518. The Bertz CT molecular complexity index is 134. The second-order valence-electron chi connectivity index (χ2n) is 5.15. The monoisotopic (exact) mass is 196 g/mol. The van der Waals surface area contributed by atoms with Gasteiger partial charge < -0.3 is 0 Å². The molecule has 2 rings (SSSR count). The lowest BCUT2D eigenvalue weighted by Gasteiger charge is -2.44. The van der Waals surface area contributed by atoms with Crippen LogP contribution in [0.25, 0.3) is 0 Å². The van der Waals surface area contributed by atoms with Gasteiger partial charge in [-0.25, -0.2) is 0 Å². The van der Waals surface area contributed by atoms with E-state index < -0.39 is 0 Å². The average molecular weight is 196 g/mol. The molecule has 2 aliphatic rings. The molecule has 0 radical (unpaired) electrons. The zero-order chi connectivity index (χ0) is 10.6. The van der Waals surface area contributed by atoms with Gasteiger partial charge in [0.05, 0.1) is 0 Å². The molecule has 2 atom stereocenters.